The maximum atomic E-state index is 14.3. The molecule has 2 unspecified atom stereocenters. The van der Waals surface area contributed by atoms with E-state index in [1.807, 2.05) is 13.8 Å². The predicted octanol–water partition coefficient (Wildman–Crippen LogP) is 8.46. The highest BCUT2D eigenvalue weighted by atomic mass is 19.4. The first-order valence-corrected chi connectivity index (χ1v) is 16.3. The molecule has 0 aromatic heterocycles. The number of ether oxygens (including phenoxy) is 6. The second-order valence-electron chi connectivity index (χ2n) is 10.9. The third-order valence-corrected chi connectivity index (χ3v) is 7.12. The van der Waals surface area contributed by atoms with Gasteiger partial charge >= 0.3 is 6.18 Å². The summed E-state index contributed by atoms with van der Waals surface area (Å²) >= 11 is 0. The monoisotopic (exact) mass is 644 g/mol. The summed E-state index contributed by atoms with van der Waals surface area (Å²) in [5, 5.41) is 3.54. The van der Waals surface area contributed by atoms with E-state index in [1.165, 1.54) is 12.1 Å². The molecule has 1 aliphatic rings. The van der Waals surface area contributed by atoms with Crippen LogP contribution in [0.5, 0.6) is 0 Å². The maximum absolute atomic E-state index is 14.3. The number of nitrogens with zero attached hydrogens (tertiary/aromatic N) is 4. The lowest BCUT2D eigenvalue weighted by Crippen LogP contribution is -2.62. The van der Waals surface area contributed by atoms with Gasteiger partial charge in [-0.25, -0.2) is 4.99 Å². The molecule has 0 amide bonds. The van der Waals surface area contributed by atoms with E-state index in [1.54, 1.807) is 18.2 Å². The Morgan fingerprint density at radius 1 is 0.800 bits per heavy atom. The van der Waals surface area contributed by atoms with Crippen molar-refractivity contribution in [1.82, 2.24) is 0 Å². The van der Waals surface area contributed by atoms with Crippen molar-refractivity contribution in [2.24, 2.45) is 10.1 Å². The second kappa shape index (κ2) is 23.0. The van der Waals surface area contributed by atoms with E-state index in [4.69, 9.17) is 34.0 Å². The maximum Gasteiger partial charge on any atom is 0.468 e. The molecule has 0 N–H and O–H groups in total. The Morgan fingerprint density at radius 2 is 1.40 bits per heavy atom. The van der Waals surface area contributed by atoms with Gasteiger partial charge in [-0.3, -0.25) is 0 Å². The minimum atomic E-state index is -4.88. The first-order chi connectivity index (χ1) is 21.8. The molecule has 1 aliphatic heterocycles. The van der Waals surface area contributed by atoms with E-state index >= 15 is 0 Å². The van der Waals surface area contributed by atoms with E-state index in [9.17, 15) is 13.2 Å². The standard InChI is InChI=1S/C32H51F3N4O6/c1-4-7-21-41-27-26(24-40-20-16-11-10-15-19-37-39-36)44-30(29(43-23-9-6-3)28(27)42-22-8-5-2)45-31(32(33,34)35)38-25-17-13-12-14-18-25/h12-14,17-18,26-30H,4-11,15-16,19-24H2,1-3H3/t26?,27-,28?,29-,30-/m0/s1. The van der Waals surface area contributed by atoms with Crippen LogP contribution in [-0.2, 0) is 28.4 Å². The molecule has 1 heterocycles. The van der Waals surface area contributed by atoms with E-state index in [0.29, 0.717) is 32.8 Å². The Kier molecular flexibility index (Phi) is 19.8. The number of hydrogen-bond acceptors (Lipinski definition) is 8. The smallest absolute Gasteiger partial charge is 0.441 e. The van der Waals surface area contributed by atoms with E-state index in [0.717, 1.165) is 57.8 Å². The summed E-state index contributed by atoms with van der Waals surface area (Å²) in [5.74, 6) is -1.43. The van der Waals surface area contributed by atoms with Gasteiger partial charge in [-0.05, 0) is 49.8 Å². The third-order valence-electron chi connectivity index (χ3n) is 7.12. The number of halogens is 3. The summed E-state index contributed by atoms with van der Waals surface area (Å²) in [5.41, 5.74) is 8.50. The molecule has 0 aliphatic carbocycles. The molecule has 1 aromatic rings. The van der Waals surface area contributed by atoms with Gasteiger partial charge in [0.15, 0.2) is 0 Å². The Morgan fingerprint density at radius 3 is 2.00 bits per heavy atom. The first-order valence-electron chi connectivity index (χ1n) is 16.3. The van der Waals surface area contributed by atoms with Crippen LogP contribution < -0.4 is 0 Å². The van der Waals surface area contributed by atoms with Crippen LogP contribution in [0.3, 0.4) is 0 Å². The van der Waals surface area contributed by atoms with Gasteiger partial charge in [0.25, 0.3) is 5.90 Å². The zero-order valence-corrected chi connectivity index (χ0v) is 27.0. The van der Waals surface area contributed by atoms with Crippen molar-refractivity contribution in [2.45, 2.75) is 122 Å². The van der Waals surface area contributed by atoms with Crippen LogP contribution in [0.15, 0.2) is 40.4 Å². The number of hydrogen-bond donors (Lipinski definition) is 0. The largest absolute Gasteiger partial charge is 0.468 e. The summed E-state index contributed by atoms with van der Waals surface area (Å²) in [6.45, 7) is 8.14. The van der Waals surface area contributed by atoms with Crippen LogP contribution in [0.2, 0.25) is 0 Å². The number of azide groups is 1. The molecule has 1 saturated heterocycles. The molecule has 1 aromatic carbocycles. The van der Waals surface area contributed by atoms with Gasteiger partial charge in [0.2, 0.25) is 6.29 Å². The minimum absolute atomic E-state index is 0.0713. The number of benzene rings is 1. The van der Waals surface area contributed by atoms with E-state index in [2.05, 4.69) is 21.9 Å². The average Bonchev–Trinajstić information content (AvgIpc) is 3.02. The zero-order valence-electron chi connectivity index (χ0n) is 27.0. The van der Waals surface area contributed by atoms with Crippen molar-refractivity contribution in [3.63, 3.8) is 0 Å². The van der Waals surface area contributed by atoms with Gasteiger partial charge in [-0.1, -0.05) is 76.2 Å². The van der Waals surface area contributed by atoms with Crippen LogP contribution in [0.25, 0.3) is 10.4 Å². The van der Waals surface area contributed by atoms with Crippen molar-refractivity contribution in [2.75, 3.05) is 39.6 Å². The van der Waals surface area contributed by atoms with Crippen LogP contribution in [0.1, 0.15) is 85.0 Å². The third kappa shape index (κ3) is 15.2. The molecule has 0 radical (unpaired) electrons. The fourth-order valence-electron chi connectivity index (χ4n) is 4.64. The normalized spacial score (nSPS) is 22.3. The molecule has 0 saturated carbocycles. The summed E-state index contributed by atoms with van der Waals surface area (Å²) in [6.07, 6.45) is -1.33. The Labute approximate surface area is 265 Å². The van der Waals surface area contributed by atoms with Crippen molar-refractivity contribution in [1.29, 1.82) is 0 Å². The Hall–Kier alpha value is -2.41. The van der Waals surface area contributed by atoms with E-state index < -0.39 is 42.8 Å². The fourth-order valence-corrected chi connectivity index (χ4v) is 4.64. The lowest BCUT2D eigenvalue weighted by molar-refractivity contribution is -0.311. The van der Waals surface area contributed by atoms with Crippen molar-refractivity contribution >= 4 is 11.6 Å². The summed E-state index contributed by atoms with van der Waals surface area (Å²) in [6, 6.07) is 7.83. The molecular weight excluding hydrogens is 593 g/mol. The van der Waals surface area contributed by atoms with Crippen LogP contribution in [0, 0.1) is 0 Å². The van der Waals surface area contributed by atoms with Crippen LogP contribution in [-0.4, -0.2) is 82.4 Å². The molecule has 5 atom stereocenters. The highest BCUT2D eigenvalue weighted by Gasteiger charge is 2.52. The number of aliphatic imine (C=N–C) groups is 1. The topological polar surface area (TPSA) is 117 Å². The van der Waals surface area contributed by atoms with Gasteiger partial charge in [-0.15, -0.1) is 0 Å². The number of unbranched alkanes of at least 4 members (excludes halogenated alkanes) is 6. The molecule has 2 rings (SSSR count). The molecule has 0 bridgehead atoms. The average molecular weight is 645 g/mol. The highest BCUT2D eigenvalue weighted by molar-refractivity contribution is 5.84. The summed E-state index contributed by atoms with van der Waals surface area (Å²) in [4.78, 5) is 6.54. The lowest BCUT2D eigenvalue weighted by atomic mass is 9.98. The molecule has 45 heavy (non-hydrogen) atoms. The first kappa shape index (κ1) is 38.8. The van der Waals surface area contributed by atoms with Gasteiger partial charge in [0, 0.05) is 37.9 Å². The number of rotatable bonds is 23. The molecule has 10 nitrogen and oxygen atoms in total. The zero-order chi connectivity index (χ0) is 32.8. The van der Waals surface area contributed by atoms with Gasteiger partial charge in [0.1, 0.15) is 24.4 Å². The summed E-state index contributed by atoms with van der Waals surface area (Å²) < 4.78 is 79.5. The van der Waals surface area contributed by atoms with Crippen molar-refractivity contribution < 1.29 is 41.6 Å². The molecule has 1 fully saturated rings. The number of para-hydroxylation sites is 1. The second-order valence-corrected chi connectivity index (χ2v) is 10.9. The highest BCUT2D eigenvalue weighted by Crippen LogP contribution is 2.33. The quantitative estimate of drug-likeness (QED) is 0.0295. The SMILES string of the molecule is CCCCOC1[C@@H](OCCCC)C(COCCCCCCN=[N+]=[N-])O[C@@H](OC(=Nc2ccccc2)C(F)(F)F)[C@H]1OCCCC. The summed E-state index contributed by atoms with van der Waals surface area (Å²) in [7, 11) is 0. The van der Waals surface area contributed by atoms with Gasteiger partial charge < -0.3 is 28.4 Å². The Balaban J connectivity index is 2.34. The molecule has 0 spiro atoms. The van der Waals surface area contributed by atoms with Crippen molar-refractivity contribution in [3.05, 3.63) is 40.8 Å². The molecule has 256 valence electrons. The van der Waals surface area contributed by atoms with Crippen LogP contribution in [0.4, 0.5) is 18.9 Å². The minimum Gasteiger partial charge on any atom is -0.441 e. The Bertz CT molecular complexity index is 981. The lowest BCUT2D eigenvalue weighted by Gasteiger charge is -2.45. The fraction of sp³-hybridized carbons (Fsp3) is 0.781. The van der Waals surface area contributed by atoms with Gasteiger partial charge in [-0.2, -0.15) is 13.2 Å². The van der Waals surface area contributed by atoms with Gasteiger partial charge in [0.05, 0.1) is 12.3 Å². The molecule has 13 heteroatoms. The predicted molar refractivity (Wildman–Crippen MR) is 167 cm³/mol. The van der Waals surface area contributed by atoms with Crippen molar-refractivity contribution in [3.8, 4) is 0 Å². The number of alkyl halides is 3. The van der Waals surface area contributed by atoms with Crippen LogP contribution >= 0.6 is 0 Å². The molecular formula is C32H51F3N4O6. The van der Waals surface area contributed by atoms with E-state index in [-0.39, 0.29) is 18.9 Å².